The lowest BCUT2D eigenvalue weighted by Crippen LogP contribution is -2.66. The van der Waals surface area contributed by atoms with E-state index in [4.69, 9.17) is 0 Å². The molecule has 3 aromatic rings. The fourth-order valence-corrected chi connectivity index (χ4v) is 9.58. The van der Waals surface area contributed by atoms with Crippen LogP contribution in [-0.4, -0.2) is 51.2 Å². The molecule has 0 saturated carbocycles. The van der Waals surface area contributed by atoms with E-state index in [1.807, 2.05) is 23.1 Å². The minimum absolute atomic E-state index is 0.157. The molecule has 3 aliphatic heterocycles. The number of fused-ring (bicyclic) bond motifs is 5. The Bertz CT molecular complexity index is 1400. The van der Waals surface area contributed by atoms with E-state index in [2.05, 4.69) is 0 Å². The first kappa shape index (κ1) is 21.5. The SMILES string of the molecule is O=C1c2ccccc2C(=O)C12N1CSC[C@@H]1[C@@H](c1ccc(F)cc1)[C@@]21CSc2ccccc2C1=O. The Morgan fingerprint density at radius 3 is 2.11 bits per heavy atom. The van der Waals surface area contributed by atoms with E-state index >= 15 is 0 Å². The van der Waals surface area contributed by atoms with Gasteiger partial charge in [0.25, 0.3) is 0 Å². The fourth-order valence-electron chi connectivity index (χ4n) is 6.88. The number of benzene rings is 3. The Labute approximate surface area is 210 Å². The second-order valence-electron chi connectivity index (χ2n) is 9.57. The zero-order valence-electron chi connectivity index (χ0n) is 18.6. The first-order valence-corrected chi connectivity index (χ1v) is 13.7. The summed E-state index contributed by atoms with van der Waals surface area (Å²) in [6.45, 7) is 0. The van der Waals surface area contributed by atoms with Crippen LogP contribution in [0.25, 0.3) is 0 Å². The molecule has 4 aliphatic rings. The van der Waals surface area contributed by atoms with Gasteiger partial charge in [0, 0.05) is 50.9 Å². The summed E-state index contributed by atoms with van der Waals surface area (Å²) in [4.78, 5) is 46.5. The van der Waals surface area contributed by atoms with Crippen LogP contribution < -0.4 is 0 Å². The lowest BCUT2D eigenvalue weighted by atomic mass is 9.58. The molecule has 35 heavy (non-hydrogen) atoms. The highest BCUT2D eigenvalue weighted by molar-refractivity contribution is 7.99. The molecule has 0 unspecified atom stereocenters. The molecule has 2 fully saturated rings. The number of rotatable bonds is 1. The number of hydrogen-bond acceptors (Lipinski definition) is 6. The number of Topliss-reactive ketones (excluding diaryl/α,β-unsaturated/α-hetero) is 3. The fraction of sp³-hybridized carbons (Fsp3) is 0.250. The van der Waals surface area contributed by atoms with E-state index in [0.717, 1.165) is 10.5 Å². The summed E-state index contributed by atoms with van der Waals surface area (Å²) in [5.41, 5.74) is -0.774. The molecule has 2 spiro atoms. The molecule has 3 aromatic carbocycles. The normalized spacial score (nSPS) is 28.5. The van der Waals surface area contributed by atoms with Crippen molar-refractivity contribution < 1.29 is 18.8 Å². The van der Waals surface area contributed by atoms with Gasteiger partial charge in [0.1, 0.15) is 5.82 Å². The highest BCUT2D eigenvalue weighted by Gasteiger charge is 2.80. The van der Waals surface area contributed by atoms with Crippen LogP contribution >= 0.6 is 23.5 Å². The summed E-state index contributed by atoms with van der Waals surface area (Å²) in [6.07, 6.45) is 0. The summed E-state index contributed by atoms with van der Waals surface area (Å²) < 4.78 is 14.0. The lowest BCUT2D eigenvalue weighted by Gasteiger charge is -2.47. The smallest absolute Gasteiger partial charge is 0.192 e. The second-order valence-corrected chi connectivity index (χ2v) is 11.6. The predicted octanol–water partition coefficient (Wildman–Crippen LogP) is 5.09. The average molecular weight is 502 g/mol. The molecule has 4 nitrogen and oxygen atoms in total. The van der Waals surface area contributed by atoms with E-state index in [9.17, 15) is 18.8 Å². The number of carbonyl (C=O) groups is 3. The molecular weight excluding hydrogens is 481 g/mol. The maximum Gasteiger partial charge on any atom is 0.192 e. The number of ketones is 3. The van der Waals surface area contributed by atoms with Gasteiger partial charge in [0.05, 0.1) is 5.41 Å². The van der Waals surface area contributed by atoms with Crippen molar-refractivity contribution in [1.82, 2.24) is 4.90 Å². The third-order valence-corrected chi connectivity index (χ3v) is 10.5. The summed E-state index contributed by atoms with van der Waals surface area (Å²) >= 11 is 3.21. The molecule has 3 atom stereocenters. The number of hydrogen-bond donors (Lipinski definition) is 0. The van der Waals surface area contributed by atoms with Crippen molar-refractivity contribution >= 4 is 40.9 Å². The van der Waals surface area contributed by atoms with Crippen molar-refractivity contribution in [1.29, 1.82) is 0 Å². The van der Waals surface area contributed by atoms with Crippen LogP contribution in [-0.2, 0) is 0 Å². The minimum atomic E-state index is -1.61. The average Bonchev–Trinajstić information content (AvgIpc) is 3.51. The van der Waals surface area contributed by atoms with Gasteiger partial charge in [0.2, 0.25) is 0 Å². The zero-order valence-corrected chi connectivity index (χ0v) is 20.2. The maximum atomic E-state index is 14.7. The topological polar surface area (TPSA) is 54.5 Å². The maximum absolute atomic E-state index is 14.7. The molecule has 7 rings (SSSR count). The first-order valence-electron chi connectivity index (χ1n) is 11.6. The van der Waals surface area contributed by atoms with Crippen molar-refractivity contribution in [2.45, 2.75) is 22.4 Å². The first-order chi connectivity index (χ1) is 17.0. The van der Waals surface area contributed by atoms with Crippen LogP contribution in [0.15, 0.2) is 77.7 Å². The third kappa shape index (κ3) is 2.46. The largest absolute Gasteiger partial charge is 0.293 e. The Morgan fingerprint density at radius 2 is 1.43 bits per heavy atom. The van der Waals surface area contributed by atoms with Crippen LogP contribution in [0.3, 0.4) is 0 Å². The predicted molar refractivity (Wildman–Crippen MR) is 134 cm³/mol. The van der Waals surface area contributed by atoms with Gasteiger partial charge in [-0.25, -0.2) is 4.39 Å². The Balaban J connectivity index is 1.56. The molecule has 7 heteroatoms. The van der Waals surface area contributed by atoms with Gasteiger partial charge in [-0.15, -0.1) is 23.5 Å². The molecular formula is C28H20FNO3S2. The van der Waals surface area contributed by atoms with Gasteiger partial charge in [-0.05, 0) is 23.8 Å². The Hall–Kier alpha value is -2.74. The summed E-state index contributed by atoms with van der Waals surface area (Å²) in [5.74, 6) is 0.0183. The van der Waals surface area contributed by atoms with Crippen molar-refractivity contribution in [3.05, 3.63) is 101 Å². The number of carbonyl (C=O) groups excluding carboxylic acids is 3. The van der Waals surface area contributed by atoms with Gasteiger partial charge >= 0.3 is 0 Å². The molecule has 0 amide bonds. The lowest BCUT2D eigenvalue weighted by molar-refractivity contribution is 0.0340. The molecule has 2 saturated heterocycles. The molecule has 0 bridgehead atoms. The molecule has 0 aromatic heterocycles. The van der Waals surface area contributed by atoms with E-state index in [0.29, 0.717) is 34.1 Å². The van der Waals surface area contributed by atoms with Crippen molar-refractivity contribution in [3.8, 4) is 0 Å². The van der Waals surface area contributed by atoms with Gasteiger partial charge in [0.15, 0.2) is 22.9 Å². The number of halogens is 1. The second kappa shape index (κ2) is 7.38. The number of nitrogens with zero attached hydrogens (tertiary/aromatic N) is 1. The molecule has 0 radical (unpaired) electrons. The summed E-state index contributed by atoms with van der Waals surface area (Å²) in [7, 11) is 0. The van der Waals surface area contributed by atoms with Gasteiger partial charge in [-0.1, -0.05) is 54.6 Å². The van der Waals surface area contributed by atoms with Crippen LogP contribution in [0.1, 0.15) is 42.6 Å². The quantitative estimate of drug-likeness (QED) is 0.433. The molecule has 174 valence electrons. The molecule has 0 N–H and O–H groups in total. The van der Waals surface area contributed by atoms with Gasteiger partial charge in [-0.2, -0.15) is 0 Å². The van der Waals surface area contributed by atoms with Crippen molar-refractivity contribution in [2.24, 2.45) is 5.41 Å². The van der Waals surface area contributed by atoms with Crippen LogP contribution in [0, 0.1) is 11.2 Å². The van der Waals surface area contributed by atoms with E-state index in [-0.39, 0.29) is 29.2 Å². The Kier molecular flexibility index (Phi) is 4.54. The van der Waals surface area contributed by atoms with E-state index < -0.39 is 16.9 Å². The van der Waals surface area contributed by atoms with Gasteiger partial charge in [-0.3, -0.25) is 19.3 Å². The zero-order chi connectivity index (χ0) is 23.9. The van der Waals surface area contributed by atoms with Crippen molar-refractivity contribution in [2.75, 3.05) is 17.4 Å². The molecule has 3 heterocycles. The minimum Gasteiger partial charge on any atom is -0.293 e. The van der Waals surface area contributed by atoms with Crippen LogP contribution in [0.4, 0.5) is 4.39 Å². The summed E-state index contributed by atoms with van der Waals surface area (Å²) in [5, 5.41) is 0. The van der Waals surface area contributed by atoms with E-state index in [1.165, 1.54) is 23.9 Å². The number of thioether (sulfide) groups is 2. The Morgan fingerprint density at radius 1 is 0.800 bits per heavy atom. The third-order valence-electron chi connectivity index (χ3n) is 8.21. The van der Waals surface area contributed by atoms with Crippen LogP contribution in [0.5, 0.6) is 0 Å². The highest BCUT2D eigenvalue weighted by atomic mass is 32.2. The highest BCUT2D eigenvalue weighted by Crippen LogP contribution is 2.67. The summed E-state index contributed by atoms with van der Waals surface area (Å²) in [6, 6.07) is 20.5. The standard InChI is InChI=1S/C28H20FNO3S2/c29-17-11-9-16(10-12-17)23-21-13-34-15-30(21)28(25(32)18-5-1-2-6-19(18)26(28)33)27(23)14-35-22-8-4-3-7-20(22)24(27)31/h1-12,21,23H,13-15H2/t21-,23-,27-/m1/s1. The van der Waals surface area contributed by atoms with Crippen molar-refractivity contribution in [3.63, 3.8) is 0 Å². The monoisotopic (exact) mass is 501 g/mol. The van der Waals surface area contributed by atoms with E-state index in [1.54, 1.807) is 54.2 Å². The van der Waals surface area contributed by atoms with Gasteiger partial charge < -0.3 is 0 Å². The molecule has 1 aliphatic carbocycles. The van der Waals surface area contributed by atoms with Crippen LogP contribution in [0.2, 0.25) is 0 Å².